The van der Waals surface area contributed by atoms with E-state index in [1.165, 1.54) is 4.90 Å². The number of carboxylic acid groups (broad SMARTS) is 1. The molecule has 0 radical (unpaired) electrons. The zero-order valence-electron chi connectivity index (χ0n) is 18.2. The minimum atomic E-state index is -1.10. The average molecular weight is 456 g/mol. The number of carbonyl (C=O) groups excluding carboxylic acids is 2. The fourth-order valence-electron chi connectivity index (χ4n) is 3.17. The smallest absolute Gasteiger partial charge is 0.341 e. The summed E-state index contributed by atoms with van der Waals surface area (Å²) in [5.74, 6) is -0.424. The molecule has 0 aliphatic carbocycles. The number of nitrogens with zero attached hydrogens (tertiary/aromatic N) is 1. The first-order valence-corrected chi connectivity index (χ1v) is 11.1. The van der Waals surface area contributed by atoms with Crippen LogP contribution < -0.4 is 14.4 Å². The highest BCUT2D eigenvalue weighted by molar-refractivity contribution is 8.19. The Morgan fingerprint density at radius 3 is 2.44 bits per heavy atom. The predicted octanol–water partition coefficient (Wildman–Crippen LogP) is 5.30. The van der Waals surface area contributed by atoms with Crippen molar-refractivity contribution in [1.29, 1.82) is 0 Å². The Hall–Kier alpha value is -3.26. The average Bonchev–Trinajstić information content (AvgIpc) is 3.05. The second kappa shape index (κ2) is 10.4. The number of ether oxygens (including phenoxy) is 2. The fraction of sp³-hybridized carbons (Fsp3) is 0.292. The summed E-state index contributed by atoms with van der Waals surface area (Å²) in [6, 6.07) is 12.4. The van der Waals surface area contributed by atoms with Crippen LogP contribution in [0.15, 0.2) is 47.4 Å². The van der Waals surface area contributed by atoms with Gasteiger partial charge >= 0.3 is 5.97 Å². The van der Waals surface area contributed by atoms with E-state index in [0.717, 1.165) is 23.7 Å². The molecule has 8 heteroatoms. The fourth-order valence-corrected chi connectivity index (χ4v) is 4.01. The van der Waals surface area contributed by atoms with E-state index in [-0.39, 0.29) is 11.1 Å². The van der Waals surface area contributed by atoms with Gasteiger partial charge in [0.2, 0.25) is 0 Å². The van der Waals surface area contributed by atoms with Gasteiger partial charge < -0.3 is 14.6 Å². The van der Waals surface area contributed by atoms with Crippen molar-refractivity contribution in [2.45, 2.75) is 33.1 Å². The number of amides is 2. The molecule has 32 heavy (non-hydrogen) atoms. The second-order valence-corrected chi connectivity index (χ2v) is 8.23. The number of aliphatic carboxylic acids is 1. The SMILES string of the molecule is CCOc1cc(/C=C2/SC(=O)N(c3ccc(C(C)CC)cc3)C2=O)ccc1OCC(=O)O. The van der Waals surface area contributed by atoms with Gasteiger partial charge in [-0.05, 0) is 72.5 Å². The number of benzene rings is 2. The number of hydrogen-bond acceptors (Lipinski definition) is 6. The quantitative estimate of drug-likeness (QED) is 0.513. The molecule has 1 aliphatic heterocycles. The molecule has 0 aromatic heterocycles. The molecule has 1 heterocycles. The molecule has 1 aliphatic rings. The molecule has 1 N–H and O–H groups in total. The Morgan fingerprint density at radius 2 is 1.81 bits per heavy atom. The van der Waals surface area contributed by atoms with E-state index in [9.17, 15) is 14.4 Å². The highest BCUT2D eigenvalue weighted by Gasteiger charge is 2.36. The third-order valence-corrected chi connectivity index (χ3v) is 5.91. The van der Waals surface area contributed by atoms with Gasteiger partial charge in [0.25, 0.3) is 11.1 Å². The lowest BCUT2D eigenvalue weighted by molar-refractivity contribution is -0.139. The highest BCUT2D eigenvalue weighted by atomic mass is 32.2. The first kappa shape index (κ1) is 23.4. The molecular weight excluding hydrogens is 430 g/mol. The van der Waals surface area contributed by atoms with Crippen molar-refractivity contribution in [2.75, 3.05) is 18.1 Å². The van der Waals surface area contributed by atoms with Crippen LogP contribution >= 0.6 is 11.8 Å². The number of imide groups is 1. The van der Waals surface area contributed by atoms with Gasteiger partial charge in [-0.15, -0.1) is 0 Å². The molecule has 2 amide bonds. The Kier molecular flexibility index (Phi) is 7.58. The Labute approximate surface area is 191 Å². The van der Waals surface area contributed by atoms with Crippen LogP contribution in [0.1, 0.15) is 44.2 Å². The molecule has 0 saturated carbocycles. The lowest BCUT2D eigenvalue weighted by Gasteiger charge is -2.15. The molecule has 1 atom stereocenters. The predicted molar refractivity (Wildman–Crippen MR) is 124 cm³/mol. The van der Waals surface area contributed by atoms with Crippen LogP contribution in [0.4, 0.5) is 10.5 Å². The maximum absolute atomic E-state index is 12.9. The van der Waals surface area contributed by atoms with Crippen LogP contribution in [0, 0.1) is 0 Å². The zero-order valence-corrected chi connectivity index (χ0v) is 19.0. The minimum absolute atomic E-state index is 0.293. The monoisotopic (exact) mass is 455 g/mol. The highest BCUT2D eigenvalue weighted by Crippen LogP contribution is 2.37. The van der Waals surface area contributed by atoms with Crippen LogP contribution in [-0.4, -0.2) is 35.4 Å². The number of anilines is 1. The van der Waals surface area contributed by atoms with E-state index in [1.807, 2.05) is 12.1 Å². The molecule has 1 fully saturated rings. The van der Waals surface area contributed by atoms with Crippen LogP contribution in [0.5, 0.6) is 11.5 Å². The van der Waals surface area contributed by atoms with E-state index < -0.39 is 12.6 Å². The van der Waals surface area contributed by atoms with Crippen molar-refractivity contribution in [3.8, 4) is 11.5 Å². The van der Waals surface area contributed by atoms with E-state index in [1.54, 1.807) is 43.3 Å². The van der Waals surface area contributed by atoms with E-state index in [2.05, 4.69) is 13.8 Å². The zero-order chi connectivity index (χ0) is 23.3. The summed E-state index contributed by atoms with van der Waals surface area (Å²) in [6.07, 6.45) is 2.62. The van der Waals surface area contributed by atoms with Gasteiger partial charge in [0.05, 0.1) is 17.2 Å². The number of hydrogen-bond donors (Lipinski definition) is 1. The summed E-state index contributed by atoms with van der Waals surface area (Å²) in [5.41, 5.74) is 2.33. The first-order chi connectivity index (χ1) is 15.3. The molecule has 168 valence electrons. The lowest BCUT2D eigenvalue weighted by atomic mass is 9.98. The molecule has 7 nitrogen and oxygen atoms in total. The Morgan fingerprint density at radius 1 is 1.09 bits per heavy atom. The summed E-state index contributed by atoms with van der Waals surface area (Å²) in [5, 5.41) is 8.46. The molecule has 2 aromatic rings. The van der Waals surface area contributed by atoms with Crippen LogP contribution in [0.2, 0.25) is 0 Å². The summed E-state index contributed by atoms with van der Waals surface area (Å²) < 4.78 is 10.8. The van der Waals surface area contributed by atoms with E-state index in [4.69, 9.17) is 14.6 Å². The number of thioether (sulfide) groups is 1. The molecule has 0 spiro atoms. The summed E-state index contributed by atoms with van der Waals surface area (Å²) in [4.78, 5) is 37.7. The normalized spacial score (nSPS) is 15.8. The molecule has 3 rings (SSSR count). The maximum atomic E-state index is 12.9. The van der Waals surface area contributed by atoms with Gasteiger partial charge in [-0.25, -0.2) is 9.69 Å². The van der Waals surface area contributed by atoms with Gasteiger partial charge in [-0.2, -0.15) is 0 Å². The van der Waals surface area contributed by atoms with E-state index >= 15 is 0 Å². The van der Waals surface area contributed by atoms with Gasteiger partial charge in [0.15, 0.2) is 18.1 Å². The lowest BCUT2D eigenvalue weighted by Crippen LogP contribution is -2.27. The second-order valence-electron chi connectivity index (χ2n) is 7.24. The largest absolute Gasteiger partial charge is 0.490 e. The molecule has 0 bridgehead atoms. The van der Waals surface area contributed by atoms with Crippen molar-refractivity contribution in [3.63, 3.8) is 0 Å². The van der Waals surface area contributed by atoms with Gasteiger partial charge in [-0.3, -0.25) is 9.59 Å². The van der Waals surface area contributed by atoms with E-state index in [0.29, 0.717) is 40.2 Å². The van der Waals surface area contributed by atoms with Crippen molar-refractivity contribution in [3.05, 3.63) is 58.5 Å². The first-order valence-electron chi connectivity index (χ1n) is 10.3. The van der Waals surface area contributed by atoms with Crippen LogP contribution in [-0.2, 0) is 9.59 Å². The third kappa shape index (κ3) is 5.31. The summed E-state index contributed by atoms with van der Waals surface area (Å²) in [7, 11) is 0. The van der Waals surface area contributed by atoms with Crippen molar-refractivity contribution >= 4 is 40.6 Å². The Bertz CT molecular complexity index is 1050. The van der Waals surface area contributed by atoms with Crippen molar-refractivity contribution < 1.29 is 29.0 Å². The van der Waals surface area contributed by atoms with Gasteiger partial charge in [0.1, 0.15) is 0 Å². The van der Waals surface area contributed by atoms with Crippen LogP contribution in [0.25, 0.3) is 6.08 Å². The summed E-state index contributed by atoms with van der Waals surface area (Å²) >= 11 is 0.873. The molecule has 2 aromatic carbocycles. The number of carbonyl (C=O) groups is 3. The standard InChI is InChI=1S/C24H25NO6S/c1-4-15(3)17-7-9-18(10-8-17)25-23(28)21(32-24(25)29)13-16-6-11-19(31-14-22(26)27)20(12-16)30-5-2/h6-13,15H,4-5,14H2,1-3H3,(H,26,27)/b21-13+. The summed E-state index contributed by atoms with van der Waals surface area (Å²) in [6.45, 7) is 5.91. The van der Waals surface area contributed by atoms with Crippen molar-refractivity contribution in [1.82, 2.24) is 0 Å². The van der Waals surface area contributed by atoms with Crippen LogP contribution in [0.3, 0.4) is 0 Å². The third-order valence-electron chi connectivity index (χ3n) is 5.04. The topological polar surface area (TPSA) is 93.1 Å². The molecule has 1 unspecified atom stereocenters. The number of carboxylic acids is 1. The maximum Gasteiger partial charge on any atom is 0.341 e. The Balaban J connectivity index is 1.83. The number of rotatable bonds is 9. The van der Waals surface area contributed by atoms with Crippen molar-refractivity contribution in [2.24, 2.45) is 0 Å². The minimum Gasteiger partial charge on any atom is -0.490 e. The molecular formula is C24H25NO6S. The van der Waals surface area contributed by atoms with Gasteiger partial charge in [0, 0.05) is 0 Å². The molecule has 1 saturated heterocycles. The van der Waals surface area contributed by atoms with Gasteiger partial charge in [-0.1, -0.05) is 32.0 Å².